The Labute approximate surface area is 167 Å². The van der Waals surface area contributed by atoms with Crippen molar-refractivity contribution >= 4 is 29.2 Å². The zero-order valence-corrected chi connectivity index (χ0v) is 16.2. The minimum absolute atomic E-state index is 0.136. The van der Waals surface area contributed by atoms with Crippen molar-refractivity contribution in [2.75, 3.05) is 11.9 Å². The molecule has 0 aliphatic rings. The second kappa shape index (κ2) is 8.67. The summed E-state index contributed by atoms with van der Waals surface area (Å²) < 4.78 is 4.95. The number of carbonyl (C=O) groups excluding carboxylic acids is 2. The lowest BCUT2D eigenvalue weighted by Crippen LogP contribution is -2.15. The molecule has 0 aliphatic carbocycles. The Morgan fingerprint density at radius 2 is 2.07 bits per heavy atom. The minimum atomic E-state index is -0.477. The summed E-state index contributed by atoms with van der Waals surface area (Å²) in [6.45, 7) is 3.91. The number of benzene rings is 1. The first-order valence-corrected chi connectivity index (χ1v) is 9.07. The van der Waals surface area contributed by atoms with Crippen LogP contribution in [-0.4, -0.2) is 33.7 Å². The number of rotatable bonds is 6. The summed E-state index contributed by atoms with van der Waals surface area (Å²) in [7, 11) is 0. The molecule has 0 radical (unpaired) electrons. The lowest BCUT2D eigenvalue weighted by Gasteiger charge is -2.09. The van der Waals surface area contributed by atoms with Crippen molar-refractivity contribution in [3.05, 3.63) is 64.6 Å². The molecule has 1 amide bonds. The summed E-state index contributed by atoms with van der Waals surface area (Å²) in [5.74, 6) is -0.659. The normalized spacial score (nSPS) is 10.5. The summed E-state index contributed by atoms with van der Waals surface area (Å²) in [6, 6.07) is 8.67. The Hall–Kier alpha value is -3.19. The number of ether oxygens (including phenoxy) is 1. The highest BCUT2D eigenvalue weighted by atomic mass is 35.5. The molecule has 0 fully saturated rings. The van der Waals surface area contributed by atoms with E-state index in [9.17, 15) is 9.59 Å². The number of aryl methyl sites for hydroxylation is 1. The number of nitrogens with zero attached hydrogens (tertiary/aromatic N) is 2. The summed E-state index contributed by atoms with van der Waals surface area (Å²) in [5, 5.41) is 10.1. The molecule has 7 nitrogen and oxygen atoms in total. The summed E-state index contributed by atoms with van der Waals surface area (Å²) in [4.78, 5) is 28.2. The zero-order valence-electron chi connectivity index (χ0n) is 15.5. The van der Waals surface area contributed by atoms with Crippen molar-refractivity contribution in [3.8, 4) is 11.3 Å². The fourth-order valence-corrected chi connectivity index (χ4v) is 2.92. The number of H-pyrrole nitrogens is 1. The molecule has 2 N–H and O–H groups in total. The highest BCUT2D eigenvalue weighted by Gasteiger charge is 2.14. The number of halogens is 1. The molecular formula is C20H19ClN4O3. The van der Waals surface area contributed by atoms with Gasteiger partial charge in [-0.15, -0.1) is 0 Å². The number of nitrogens with one attached hydrogen (secondary N) is 2. The van der Waals surface area contributed by atoms with Gasteiger partial charge in [0.25, 0.3) is 0 Å². The lowest BCUT2D eigenvalue weighted by atomic mass is 10.1. The predicted molar refractivity (Wildman–Crippen MR) is 106 cm³/mol. The van der Waals surface area contributed by atoms with E-state index in [1.54, 1.807) is 37.5 Å². The van der Waals surface area contributed by atoms with Crippen LogP contribution in [0.15, 0.2) is 42.7 Å². The van der Waals surface area contributed by atoms with Crippen LogP contribution in [0.5, 0.6) is 0 Å². The van der Waals surface area contributed by atoms with Gasteiger partial charge in [-0.05, 0) is 55.3 Å². The second-order valence-electron chi connectivity index (χ2n) is 6.15. The Balaban J connectivity index is 1.77. The first-order chi connectivity index (χ1) is 13.5. The van der Waals surface area contributed by atoms with Crippen molar-refractivity contribution < 1.29 is 14.3 Å². The average Bonchev–Trinajstić information content (AvgIpc) is 3.14. The number of aromatic amines is 1. The van der Waals surface area contributed by atoms with Gasteiger partial charge in [0.15, 0.2) is 0 Å². The predicted octanol–water partition coefficient (Wildman–Crippen LogP) is 3.79. The van der Waals surface area contributed by atoms with Gasteiger partial charge in [0, 0.05) is 16.8 Å². The Kier molecular flexibility index (Phi) is 6.06. The van der Waals surface area contributed by atoms with Crippen LogP contribution in [0.3, 0.4) is 0 Å². The van der Waals surface area contributed by atoms with Crippen molar-refractivity contribution in [1.82, 2.24) is 15.2 Å². The van der Waals surface area contributed by atoms with E-state index in [4.69, 9.17) is 16.3 Å². The van der Waals surface area contributed by atoms with Gasteiger partial charge in [-0.3, -0.25) is 14.9 Å². The van der Waals surface area contributed by atoms with E-state index in [1.165, 1.54) is 0 Å². The Morgan fingerprint density at radius 3 is 2.82 bits per heavy atom. The number of anilines is 1. The molecule has 0 bridgehead atoms. The first-order valence-electron chi connectivity index (χ1n) is 8.69. The fraction of sp³-hybridized carbons (Fsp3) is 0.200. The maximum Gasteiger partial charge on any atom is 0.356 e. The molecule has 0 atom stereocenters. The van der Waals surface area contributed by atoms with Gasteiger partial charge in [0.2, 0.25) is 5.91 Å². The van der Waals surface area contributed by atoms with E-state index >= 15 is 0 Å². The van der Waals surface area contributed by atoms with Crippen molar-refractivity contribution in [2.24, 2.45) is 0 Å². The number of pyridine rings is 1. The number of esters is 1. The third-order valence-corrected chi connectivity index (χ3v) is 4.22. The number of hydrogen-bond acceptors (Lipinski definition) is 5. The van der Waals surface area contributed by atoms with Gasteiger partial charge in [0.1, 0.15) is 5.69 Å². The second-order valence-corrected chi connectivity index (χ2v) is 6.59. The molecule has 0 aliphatic heterocycles. The van der Waals surface area contributed by atoms with Crippen LogP contribution in [-0.2, 0) is 16.0 Å². The van der Waals surface area contributed by atoms with E-state index < -0.39 is 5.97 Å². The largest absolute Gasteiger partial charge is 0.461 e. The van der Waals surface area contributed by atoms with E-state index in [1.807, 2.05) is 19.1 Å². The molecule has 2 heterocycles. The third-order valence-electron chi connectivity index (χ3n) is 4.00. The molecule has 2 aromatic heterocycles. The first kappa shape index (κ1) is 19.6. The van der Waals surface area contributed by atoms with Crippen LogP contribution < -0.4 is 5.32 Å². The lowest BCUT2D eigenvalue weighted by molar-refractivity contribution is -0.115. The molecule has 0 spiro atoms. The number of amides is 1. The van der Waals surface area contributed by atoms with E-state index in [-0.39, 0.29) is 24.6 Å². The van der Waals surface area contributed by atoms with E-state index in [0.717, 1.165) is 11.1 Å². The van der Waals surface area contributed by atoms with Crippen LogP contribution in [0.2, 0.25) is 5.02 Å². The van der Waals surface area contributed by atoms with Crippen LogP contribution in [0, 0.1) is 6.92 Å². The summed E-state index contributed by atoms with van der Waals surface area (Å²) in [6.07, 6.45) is 3.41. The smallest absolute Gasteiger partial charge is 0.356 e. The summed E-state index contributed by atoms with van der Waals surface area (Å²) in [5.41, 5.74) is 3.81. The topological polar surface area (TPSA) is 97.0 Å². The zero-order chi connectivity index (χ0) is 20.1. The fourth-order valence-electron chi connectivity index (χ4n) is 2.66. The van der Waals surface area contributed by atoms with Crippen molar-refractivity contribution in [1.29, 1.82) is 0 Å². The van der Waals surface area contributed by atoms with Crippen molar-refractivity contribution in [2.45, 2.75) is 20.3 Å². The van der Waals surface area contributed by atoms with Gasteiger partial charge < -0.3 is 10.1 Å². The minimum Gasteiger partial charge on any atom is -0.461 e. The third kappa shape index (κ3) is 4.75. The maximum atomic E-state index is 12.4. The number of hydrogen-bond donors (Lipinski definition) is 2. The van der Waals surface area contributed by atoms with Gasteiger partial charge in [-0.25, -0.2) is 4.79 Å². The maximum absolute atomic E-state index is 12.4. The highest BCUT2D eigenvalue weighted by Crippen LogP contribution is 2.25. The summed E-state index contributed by atoms with van der Waals surface area (Å²) >= 11 is 6.22. The average molecular weight is 399 g/mol. The van der Waals surface area contributed by atoms with Gasteiger partial charge >= 0.3 is 5.97 Å². The molecule has 144 valence electrons. The van der Waals surface area contributed by atoms with Crippen molar-refractivity contribution in [3.63, 3.8) is 0 Å². The highest BCUT2D eigenvalue weighted by molar-refractivity contribution is 6.31. The van der Waals surface area contributed by atoms with Gasteiger partial charge in [0.05, 0.1) is 30.6 Å². The standard InChI is InChI=1S/C20H19ClN4O3/c1-3-28-20(27)17-10-16(24-25-17)14-6-13(7-15(21)9-14)8-19(26)23-18-11-22-5-4-12(18)2/h4-7,9-11H,3,8H2,1-2H3,(H,23,26)(H,24,25). The van der Waals surface area contributed by atoms with E-state index in [2.05, 4.69) is 20.5 Å². The SMILES string of the molecule is CCOC(=O)c1cc(-c2cc(Cl)cc(CC(=O)Nc3cnccc3C)c2)n[nH]1. The molecule has 0 saturated carbocycles. The van der Waals surface area contributed by atoms with Crippen LogP contribution >= 0.6 is 11.6 Å². The number of carbonyl (C=O) groups is 2. The quantitative estimate of drug-likeness (QED) is 0.615. The van der Waals surface area contributed by atoms with E-state index in [0.29, 0.717) is 22.0 Å². The monoisotopic (exact) mass is 398 g/mol. The number of aromatic nitrogens is 3. The van der Waals surface area contributed by atoms with Gasteiger partial charge in [-0.2, -0.15) is 5.10 Å². The van der Waals surface area contributed by atoms with Crippen LogP contribution in [0.4, 0.5) is 5.69 Å². The molecule has 1 aromatic carbocycles. The molecule has 0 saturated heterocycles. The van der Waals surface area contributed by atoms with Crippen LogP contribution in [0.25, 0.3) is 11.3 Å². The molecule has 8 heteroatoms. The molecule has 3 aromatic rings. The molecule has 3 rings (SSSR count). The Morgan fingerprint density at radius 1 is 1.25 bits per heavy atom. The molecule has 28 heavy (non-hydrogen) atoms. The van der Waals surface area contributed by atoms with Crippen LogP contribution in [0.1, 0.15) is 28.5 Å². The Bertz CT molecular complexity index is 1020. The van der Waals surface area contributed by atoms with Gasteiger partial charge in [-0.1, -0.05) is 11.6 Å². The molecular weight excluding hydrogens is 380 g/mol. The molecule has 0 unspecified atom stereocenters.